The van der Waals surface area contributed by atoms with Gasteiger partial charge in [0.15, 0.2) is 5.82 Å². The molecule has 0 radical (unpaired) electrons. The highest BCUT2D eigenvalue weighted by Gasteiger charge is 2.44. The number of carbonyl (C=O) groups is 1. The summed E-state index contributed by atoms with van der Waals surface area (Å²) in [5.74, 6) is 0.705. The maximum atomic E-state index is 13.8. The zero-order valence-electron chi connectivity index (χ0n) is 23.9. The molecule has 1 aromatic heterocycles. The number of carbonyl (C=O) groups excluding carboxylic acids is 1. The number of nitrogens with zero attached hydrogens (tertiary/aromatic N) is 4. The second-order valence-electron chi connectivity index (χ2n) is 12.0. The van der Waals surface area contributed by atoms with Crippen molar-refractivity contribution in [2.45, 2.75) is 45.1 Å². The van der Waals surface area contributed by atoms with Crippen molar-refractivity contribution >= 4 is 44.6 Å². The van der Waals surface area contributed by atoms with Crippen LogP contribution in [0.3, 0.4) is 0 Å². The first-order valence-electron chi connectivity index (χ1n) is 14.6. The molecule has 41 heavy (non-hydrogen) atoms. The van der Waals surface area contributed by atoms with Crippen LogP contribution >= 0.6 is 0 Å². The molecule has 3 fully saturated rings. The summed E-state index contributed by atoms with van der Waals surface area (Å²) in [6.07, 6.45) is 5.64. The summed E-state index contributed by atoms with van der Waals surface area (Å²) < 4.78 is 33.0. The van der Waals surface area contributed by atoms with Crippen LogP contribution in [0.5, 0.6) is 0 Å². The number of piperidine rings is 1. The third kappa shape index (κ3) is 5.96. The molecule has 2 saturated heterocycles. The van der Waals surface area contributed by atoms with Gasteiger partial charge < -0.3 is 29.9 Å². The van der Waals surface area contributed by atoms with Gasteiger partial charge >= 0.3 is 0 Å². The van der Waals surface area contributed by atoms with E-state index in [1.165, 1.54) is 12.8 Å². The van der Waals surface area contributed by atoms with Gasteiger partial charge in [0.2, 0.25) is 10.0 Å². The van der Waals surface area contributed by atoms with Gasteiger partial charge in [-0.3, -0.25) is 9.52 Å². The summed E-state index contributed by atoms with van der Waals surface area (Å²) in [5.41, 5.74) is 4.27. The van der Waals surface area contributed by atoms with Gasteiger partial charge in [-0.2, -0.15) is 0 Å². The normalized spacial score (nSPS) is 21.6. The van der Waals surface area contributed by atoms with E-state index in [2.05, 4.69) is 38.7 Å². The van der Waals surface area contributed by atoms with E-state index in [4.69, 9.17) is 14.8 Å². The second-order valence-corrected chi connectivity index (χ2v) is 13.8. The highest BCUT2D eigenvalue weighted by Crippen LogP contribution is 2.54. The van der Waals surface area contributed by atoms with Crippen LogP contribution in [0.25, 0.3) is 0 Å². The van der Waals surface area contributed by atoms with E-state index in [0.29, 0.717) is 34.8 Å². The number of aliphatic hydroxyl groups is 1. The lowest BCUT2D eigenvalue weighted by molar-refractivity contribution is 0.0530. The van der Waals surface area contributed by atoms with Gasteiger partial charge in [0.1, 0.15) is 5.82 Å². The smallest absolute Gasteiger partial charge is 0.258 e. The summed E-state index contributed by atoms with van der Waals surface area (Å²) in [6, 6.07) is 6.99. The number of ether oxygens (including phenoxy) is 1. The lowest BCUT2D eigenvalue weighted by Gasteiger charge is -2.35. The van der Waals surface area contributed by atoms with Crippen molar-refractivity contribution in [3.63, 3.8) is 0 Å². The summed E-state index contributed by atoms with van der Waals surface area (Å²) >= 11 is 0. The third-order valence-electron chi connectivity index (χ3n) is 8.93. The van der Waals surface area contributed by atoms with Crippen molar-refractivity contribution in [2.75, 3.05) is 83.5 Å². The Balaban J connectivity index is 1.30. The molecule has 1 saturated carbocycles. The number of morpholine rings is 1. The molecule has 0 bridgehead atoms. The number of sulfonamides is 1. The Morgan fingerprint density at radius 2 is 1.90 bits per heavy atom. The van der Waals surface area contributed by atoms with Gasteiger partial charge in [-0.25, -0.2) is 13.4 Å². The van der Waals surface area contributed by atoms with Crippen LogP contribution in [0, 0.1) is 5.41 Å². The molecule has 1 atom stereocenters. The number of aromatic nitrogens is 1. The average molecular weight is 585 g/mol. The van der Waals surface area contributed by atoms with Crippen molar-refractivity contribution in [3.8, 4) is 0 Å². The molecule has 12 heteroatoms. The van der Waals surface area contributed by atoms with E-state index < -0.39 is 16.6 Å². The van der Waals surface area contributed by atoms with E-state index in [9.17, 15) is 13.2 Å². The minimum absolute atomic E-state index is 0.0985. The molecule has 2 aromatic rings. The maximum absolute atomic E-state index is 13.8. The molecule has 0 unspecified atom stereocenters. The summed E-state index contributed by atoms with van der Waals surface area (Å²) in [6.45, 7) is 6.23. The molecule has 1 aromatic carbocycles. The van der Waals surface area contributed by atoms with Crippen LogP contribution in [-0.4, -0.2) is 89.3 Å². The molecule has 3 N–H and O–H groups in total. The zero-order chi connectivity index (χ0) is 28.8. The van der Waals surface area contributed by atoms with Gasteiger partial charge in [0, 0.05) is 39.8 Å². The van der Waals surface area contributed by atoms with Crippen LogP contribution in [-0.2, 0) is 21.2 Å². The Kier molecular flexibility index (Phi) is 7.50. The minimum atomic E-state index is -3.70. The number of amides is 1. The third-order valence-corrected chi connectivity index (χ3v) is 10.2. The Hall–Kier alpha value is -3.09. The van der Waals surface area contributed by atoms with Crippen molar-refractivity contribution in [1.82, 2.24) is 4.98 Å². The molecule has 6 rings (SSSR count). The molecule has 4 aliphatic rings. The summed E-state index contributed by atoms with van der Waals surface area (Å²) in [4.78, 5) is 25.4. The highest BCUT2D eigenvalue weighted by atomic mass is 32.2. The number of hydrogen-bond acceptors (Lipinski definition) is 9. The Morgan fingerprint density at radius 3 is 2.61 bits per heavy atom. The first kappa shape index (κ1) is 28.0. The number of fused-ring (bicyclic) bond motifs is 1. The lowest BCUT2D eigenvalue weighted by Crippen LogP contribution is -2.42. The van der Waals surface area contributed by atoms with Crippen LogP contribution < -0.4 is 24.7 Å². The van der Waals surface area contributed by atoms with Crippen molar-refractivity contribution in [3.05, 3.63) is 35.4 Å². The molecule has 222 valence electrons. The molecule has 1 amide bonds. The van der Waals surface area contributed by atoms with Gasteiger partial charge in [0.05, 0.1) is 47.7 Å². The Bertz CT molecular complexity index is 1420. The topological polar surface area (TPSA) is 127 Å². The number of anilines is 5. The van der Waals surface area contributed by atoms with E-state index >= 15 is 0 Å². The fraction of sp³-hybridized carbons (Fsp3) is 0.586. The number of aliphatic hydroxyl groups excluding tert-OH is 1. The van der Waals surface area contributed by atoms with Gasteiger partial charge in [0.25, 0.3) is 5.91 Å². The van der Waals surface area contributed by atoms with E-state index in [1.54, 1.807) is 18.2 Å². The maximum Gasteiger partial charge on any atom is 0.258 e. The van der Waals surface area contributed by atoms with E-state index in [0.717, 1.165) is 69.1 Å². The summed E-state index contributed by atoms with van der Waals surface area (Å²) in [5, 5.41) is 12.2. The molecule has 1 aliphatic carbocycles. The van der Waals surface area contributed by atoms with Gasteiger partial charge in [-0.15, -0.1) is 0 Å². The van der Waals surface area contributed by atoms with E-state index in [1.807, 2.05) is 6.07 Å². The zero-order valence-corrected chi connectivity index (χ0v) is 24.7. The van der Waals surface area contributed by atoms with Crippen LogP contribution in [0.2, 0.25) is 0 Å². The SMILES string of the molecule is C[C@H]1CN(c2nc(NC(=O)c3ccc(NS(=O)(=O)CCO)cc3N3CCC4(CC3)CC4)cc3c2N(C)CC3)CCO1. The molecular weight excluding hydrogens is 544 g/mol. The number of likely N-dealkylation sites (N-methyl/N-ethyl adjacent to an activating group) is 1. The van der Waals surface area contributed by atoms with E-state index in [-0.39, 0.29) is 17.8 Å². The first-order chi connectivity index (χ1) is 19.7. The molecule has 3 aliphatic heterocycles. The molecule has 4 heterocycles. The van der Waals surface area contributed by atoms with Crippen molar-refractivity contribution < 1.29 is 23.1 Å². The number of hydrogen-bond donors (Lipinski definition) is 3. The minimum Gasteiger partial charge on any atom is -0.395 e. The predicted molar refractivity (Wildman–Crippen MR) is 161 cm³/mol. The first-order valence-corrected chi connectivity index (χ1v) is 16.2. The number of benzene rings is 1. The standard InChI is InChI=1S/C29H40N6O5S/c1-20-19-35(13-15-40-20)27-26-21(5-10-33(26)2)17-25(30-27)31-28(37)23-4-3-22(32-41(38,39)16-14-36)18-24(23)34-11-8-29(6-7-29)9-12-34/h3-4,17-18,20,32,36H,5-16,19H2,1-2H3,(H,30,31,37)/t20-/m0/s1. The van der Waals surface area contributed by atoms with Crippen molar-refractivity contribution in [1.29, 1.82) is 0 Å². The molecule has 1 spiro atoms. The molecule has 11 nitrogen and oxygen atoms in total. The predicted octanol–water partition coefficient (Wildman–Crippen LogP) is 2.67. The second kappa shape index (κ2) is 11.0. The molecular formula is C29H40N6O5S. The van der Waals surface area contributed by atoms with Gasteiger partial charge in [-0.05, 0) is 74.3 Å². The Morgan fingerprint density at radius 1 is 1.12 bits per heavy atom. The quantitative estimate of drug-likeness (QED) is 0.429. The van der Waals surface area contributed by atoms with Crippen LogP contribution in [0.15, 0.2) is 24.3 Å². The fourth-order valence-corrected chi connectivity index (χ4v) is 7.19. The number of nitrogens with one attached hydrogen (secondary N) is 2. The number of pyridine rings is 1. The summed E-state index contributed by atoms with van der Waals surface area (Å²) in [7, 11) is -1.62. The monoisotopic (exact) mass is 584 g/mol. The Labute approximate surface area is 241 Å². The number of rotatable bonds is 8. The van der Waals surface area contributed by atoms with Gasteiger partial charge in [-0.1, -0.05) is 0 Å². The van der Waals surface area contributed by atoms with Crippen LogP contribution in [0.1, 0.15) is 48.5 Å². The lowest BCUT2D eigenvalue weighted by atomic mass is 9.93. The average Bonchev–Trinajstić information content (AvgIpc) is 3.59. The fourth-order valence-electron chi connectivity index (χ4n) is 6.36. The van der Waals surface area contributed by atoms with Crippen LogP contribution in [0.4, 0.5) is 28.7 Å². The highest BCUT2D eigenvalue weighted by molar-refractivity contribution is 7.92. The largest absolute Gasteiger partial charge is 0.395 e. The van der Waals surface area contributed by atoms with Crippen molar-refractivity contribution in [2.24, 2.45) is 5.41 Å².